The van der Waals surface area contributed by atoms with E-state index in [1.165, 1.54) is 0 Å². The molecule has 0 saturated heterocycles. The van der Waals surface area contributed by atoms with Crippen molar-refractivity contribution in [2.45, 2.75) is 6.54 Å². The first-order valence-corrected chi connectivity index (χ1v) is 7.53. The summed E-state index contributed by atoms with van der Waals surface area (Å²) in [5, 5.41) is 9.99. The van der Waals surface area contributed by atoms with E-state index in [1.807, 2.05) is 53.2 Å². The van der Waals surface area contributed by atoms with E-state index in [1.54, 1.807) is 6.07 Å². The Bertz CT molecular complexity index is 857. The van der Waals surface area contributed by atoms with Gasteiger partial charge in [-0.2, -0.15) is 5.26 Å². The summed E-state index contributed by atoms with van der Waals surface area (Å²) in [5.41, 5.74) is 2.24. The lowest BCUT2D eigenvalue weighted by molar-refractivity contribution is 0.0973. The van der Waals surface area contributed by atoms with Gasteiger partial charge in [-0.25, -0.2) is 0 Å². The van der Waals surface area contributed by atoms with Crippen molar-refractivity contribution in [1.29, 1.82) is 5.26 Å². The van der Waals surface area contributed by atoms with Crippen molar-refractivity contribution in [2.75, 3.05) is 0 Å². The Kier molecular flexibility index (Phi) is 3.76. The van der Waals surface area contributed by atoms with Crippen LogP contribution in [0.3, 0.4) is 0 Å². The summed E-state index contributed by atoms with van der Waals surface area (Å²) in [6.07, 6.45) is 1.86. The van der Waals surface area contributed by atoms with Crippen LogP contribution in [0, 0.1) is 14.9 Å². The average Bonchev–Trinajstić information content (AvgIpc) is 2.91. The fraction of sp³-hybridized carbons (Fsp3) is 0.0588. The third kappa shape index (κ3) is 2.69. The molecule has 0 spiro atoms. The van der Waals surface area contributed by atoms with Crippen molar-refractivity contribution in [3.8, 4) is 6.07 Å². The molecule has 0 atom stereocenters. The van der Waals surface area contributed by atoms with E-state index in [-0.39, 0.29) is 12.3 Å². The summed E-state index contributed by atoms with van der Waals surface area (Å²) in [6, 6.07) is 17.2. The van der Waals surface area contributed by atoms with Gasteiger partial charge in [-0.05, 0) is 52.9 Å². The maximum absolute atomic E-state index is 12.3. The summed E-state index contributed by atoms with van der Waals surface area (Å²) in [6.45, 7) is 0.277. The topological polar surface area (TPSA) is 45.8 Å². The smallest absolute Gasteiger partial charge is 0.182 e. The van der Waals surface area contributed by atoms with E-state index in [9.17, 15) is 4.79 Å². The Hall–Kier alpha value is -2.13. The Morgan fingerprint density at radius 2 is 1.90 bits per heavy atom. The molecule has 0 aliphatic heterocycles. The number of halogens is 1. The molecule has 3 rings (SSSR count). The summed E-state index contributed by atoms with van der Waals surface area (Å²) in [5.74, 6) is 0.0614. The number of carbonyl (C=O) groups is 1. The minimum absolute atomic E-state index is 0.0614. The fourth-order valence-corrected chi connectivity index (χ4v) is 2.70. The minimum Gasteiger partial charge on any atom is -0.340 e. The van der Waals surface area contributed by atoms with Crippen LogP contribution in [0.1, 0.15) is 15.9 Å². The van der Waals surface area contributed by atoms with E-state index in [4.69, 9.17) is 5.26 Å². The summed E-state index contributed by atoms with van der Waals surface area (Å²) in [7, 11) is 0. The quantitative estimate of drug-likeness (QED) is 0.505. The number of ketones is 1. The van der Waals surface area contributed by atoms with Gasteiger partial charge in [-0.3, -0.25) is 4.79 Å². The van der Waals surface area contributed by atoms with Crippen molar-refractivity contribution in [1.82, 2.24) is 4.57 Å². The molecule has 0 aliphatic rings. The van der Waals surface area contributed by atoms with Gasteiger partial charge in [0.15, 0.2) is 5.78 Å². The third-order valence-corrected chi connectivity index (χ3v) is 4.13. The molecule has 2 aromatic carbocycles. The Morgan fingerprint density at radius 1 is 1.14 bits per heavy atom. The van der Waals surface area contributed by atoms with Crippen molar-refractivity contribution in [3.05, 3.63) is 69.4 Å². The van der Waals surface area contributed by atoms with Gasteiger partial charge in [-0.15, -0.1) is 0 Å². The van der Waals surface area contributed by atoms with E-state index in [0.29, 0.717) is 11.1 Å². The number of nitriles is 1. The molecular weight excluding hydrogens is 375 g/mol. The SMILES string of the molecule is N#Cc1cccc2c1ccn2CC(=O)c1ccc(I)cc1. The maximum Gasteiger partial charge on any atom is 0.182 e. The zero-order valence-electron chi connectivity index (χ0n) is 11.1. The van der Waals surface area contributed by atoms with E-state index in [0.717, 1.165) is 14.5 Å². The highest BCUT2D eigenvalue weighted by Crippen LogP contribution is 2.20. The van der Waals surface area contributed by atoms with E-state index >= 15 is 0 Å². The van der Waals surface area contributed by atoms with Gasteiger partial charge in [0.2, 0.25) is 0 Å². The first kappa shape index (κ1) is 13.8. The van der Waals surface area contributed by atoms with Gasteiger partial charge < -0.3 is 4.57 Å². The van der Waals surface area contributed by atoms with Gasteiger partial charge >= 0.3 is 0 Å². The second-order valence-corrected chi connectivity index (χ2v) is 5.97. The second kappa shape index (κ2) is 5.70. The molecule has 0 bridgehead atoms. The molecule has 1 heterocycles. The largest absolute Gasteiger partial charge is 0.340 e. The number of fused-ring (bicyclic) bond motifs is 1. The monoisotopic (exact) mass is 386 g/mol. The maximum atomic E-state index is 12.3. The van der Waals surface area contributed by atoms with Crippen LogP contribution in [0.4, 0.5) is 0 Å². The third-order valence-electron chi connectivity index (χ3n) is 3.41. The lowest BCUT2D eigenvalue weighted by Gasteiger charge is -2.05. The van der Waals surface area contributed by atoms with Crippen LogP contribution in [0.2, 0.25) is 0 Å². The zero-order valence-corrected chi connectivity index (χ0v) is 13.2. The number of aromatic nitrogens is 1. The number of benzene rings is 2. The van der Waals surface area contributed by atoms with Gasteiger partial charge in [0.05, 0.1) is 18.2 Å². The Balaban J connectivity index is 1.94. The first-order valence-electron chi connectivity index (χ1n) is 6.46. The molecule has 0 N–H and O–H groups in total. The predicted molar refractivity (Wildman–Crippen MR) is 90.1 cm³/mol. The molecule has 21 heavy (non-hydrogen) atoms. The highest BCUT2D eigenvalue weighted by atomic mass is 127. The number of nitrogens with zero attached hydrogens (tertiary/aromatic N) is 2. The molecule has 3 nitrogen and oxygen atoms in total. The lowest BCUT2D eigenvalue weighted by Crippen LogP contribution is -2.09. The van der Waals surface area contributed by atoms with Crippen molar-refractivity contribution >= 4 is 39.3 Å². The van der Waals surface area contributed by atoms with Crippen LogP contribution < -0.4 is 0 Å². The highest BCUT2D eigenvalue weighted by molar-refractivity contribution is 14.1. The van der Waals surface area contributed by atoms with Crippen LogP contribution >= 0.6 is 22.6 Å². The van der Waals surface area contributed by atoms with Crippen molar-refractivity contribution in [2.24, 2.45) is 0 Å². The standard InChI is InChI=1S/C17H11IN2O/c18-14-6-4-12(5-7-14)17(21)11-20-9-8-15-13(10-19)2-1-3-16(15)20/h1-9H,11H2. The molecule has 0 radical (unpaired) electrons. The fourth-order valence-electron chi connectivity index (χ4n) is 2.34. The molecule has 102 valence electrons. The Labute approximate surface area is 136 Å². The van der Waals surface area contributed by atoms with E-state index < -0.39 is 0 Å². The number of hydrogen-bond donors (Lipinski definition) is 0. The molecule has 0 amide bonds. The minimum atomic E-state index is 0.0614. The zero-order chi connectivity index (χ0) is 14.8. The number of Topliss-reactive ketones (excluding diaryl/α,β-unsaturated/α-hetero) is 1. The lowest BCUT2D eigenvalue weighted by atomic mass is 10.1. The number of hydrogen-bond acceptors (Lipinski definition) is 2. The molecule has 3 aromatic rings. The van der Waals surface area contributed by atoms with Crippen LogP contribution in [0.15, 0.2) is 54.7 Å². The van der Waals surface area contributed by atoms with Gasteiger partial charge in [0, 0.05) is 26.2 Å². The van der Waals surface area contributed by atoms with E-state index in [2.05, 4.69) is 28.7 Å². The normalized spacial score (nSPS) is 10.5. The average molecular weight is 386 g/mol. The first-order chi connectivity index (χ1) is 10.2. The van der Waals surface area contributed by atoms with Gasteiger partial charge in [0.1, 0.15) is 0 Å². The van der Waals surface area contributed by atoms with Crippen LogP contribution in [-0.4, -0.2) is 10.4 Å². The highest BCUT2D eigenvalue weighted by Gasteiger charge is 2.10. The number of carbonyl (C=O) groups excluding carboxylic acids is 1. The summed E-state index contributed by atoms with van der Waals surface area (Å²) < 4.78 is 2.99. The molecule has 0 unspecified atom stereocenters. The molecule has 1 aromatic heterocycles. The molecular formula is C17H11IN2O. The van der Waals surface area contributed by atoms with Crippen LogP contribution in [0.25, 0.3) is 10.9 Å². The van der Waals surface area contributed by atoms with Crippen molar-refractivity contribution < 1.29 is 4.79 Å². The molecule has 0 fully saturated rings. The Morgan fingerprint density at radius 3 is 2.62 bits per heavy atom. The summed E-state index contributed by atoms with van der Waals surface area (Å²) >= 11 is 2.21. The summed E-state index contributed by atoms with van der Waals surface area (Å²) in [4.78, 5) is 12.3. The van der Waals surface area contributed by atoms with Crippen LogP contribution in [0.5, 0.6) is 0 Å². The van der Waals surface area contributed by atoms with Crippen molar-refractivity contribution in [3.63, 3.8) is 0 Å². The molecule has 0 saturated carbocycles. The second-order valence-electron chi connectivity index (χ2n) is 4.72. The molecule has 0 aliphatic carbocycles. The van der Waals surface area contributed by atoms with Gasteiger partial charge in [0.25, 0.3) is 0 Å². The number of rotatable bonds is 3. The van der Waals surface area contributed by atoms with Crippen LogP contribution in [-0.2, 0) is 6.54 Å². The molecule has 4 heteroatoms. The van der Waals surface area contributed by atoms with Gasteiger partial charge in [-0.1, -0.05) is 18.2 Å². The predicted octanol–water partition coefficient (Wildman–Crippen LogP) is 4.00.